The maximum Gasteiger partial charge on any atom is 0.181 e. The lowest BCUT2D eigenvalue weighted by molar-refractivity contribution is -0.110. The molecular formula is C16H18N4OS. The Morgan fingerprint density at radius 1 is 1.27 bits per heavy atom. The second-order valence-corrected chi connectivity index (χ2v) is 5.69. The van der Waals surface area contributed by atoms with Crippen molar-refractivity contribution in [3.05, 3.63) is 40.7 Å². The fraction of sp³-hybridized carbons (Fsp3) is 0.250. The Morgan fingerprint density at radius 3 is 2.64 bits per heavy atom. The van der Waals surface area contributed by atoms with Gasteiger partial charge in [-0.1, -0.05) is 30.3 Å². The summed E-state index contributed by atoms with van der Waals surface area (Å²) in [5.74, 6) is 5.02. The highest BCUT2D eigenvalue weighted by Gasteiger charge is 2.09. The average molecular weight is 314 g/mol. The van der Waals surface area contributed by atoms with Crippen molar-refractivity contribution in [3.8, 4) is 11.3 Å². The lowest BCUT2D eigenvalue weighted by Crippen LogP contribution is -2.21. The Hall–Kier alpha value is -2.34. The van der Waals surface area contributed by atoms with E-state index in [1.165, 1.54) is 6.92 Å². The van der Waals surface area contributed by atoms with Crippen LogP contribution in [0.15, 0.2) is 45.8 Å². The molecule has 1 aromatic heterocycles. The number of hydrogen-bond donors (Lipinski definition) is 1. The number of carbonyl (C=O) groups is 1. The molecule has 0 amide bonds. The first-order valence-corrected chi connectivity index (χ1v) is 7.80. The van der Waals surface area contributed by atoms with Gasteiger partial charge >= 0.3 is 0 Å². The van der Waals surface area contributed by atoms with Crippen LogP contribution in [0.25, 0.3) is 11.3 Å². The Morgan fingerprint density at radius 2 is 2.00 bits per heavy atom. The minimum absolute atomic E-state index is 0.177. The van der Waals surface area contributed by atoms with Gasteiger partial charge in [0.2, 0.25) is 0 Å². The first kappa shape index (κ1) is 16.0. The number of hydrogen-bond acceptors (Lipinski definition) is 6. The number of thiazole rings is 1. The van der Waals surface area contributed by atoms with Crippen molar-refractivity contribution in [2.75, 3.05) is 6.54 Å². The Kier molecular flexibility index (Phi) is 5.55. The number of nitrogens with zero attached hydrogens (tertiary/aromatic N) is 3. The number of hydrazone groups is 1. The summed E-state index contributed by atoms with van der Waals surface area (Å²) in [6, 6.07) is 10.1. The molecule has 0 aliphatic rings. The first-order valence-electron chi connectivity index (χ1n) is 6.92. The van der Waals surface area contributed by atoms with Gasteiger partial charge < -0.3 is 5.84 Å². The maximum atomic E-state index is 11.3. The lowest BCUT2D eigenvalue weighted by atomic mass is 10.2. The SMILES string of the molecule is CC(=O)C(=N/N)/C(C)=N\CCc1nc(-c2ccccc2)cs1. The largest absolute Gasteiger partial charge is 0.323 e. The second kappa shape index (κ2) is 7.61. The topological polar surface area (TPSA) is 80.7 Å². The Labute approximate surface area is 133 Å². The van der Waals surface area contributed by atoms with Gasteiger partial charge in [0.15, 0.2) is 5.78 Å². The third kappa shape index (κ3) is 4.08. The predicted molar refractivity (Wildman–Crippen MR) is 91.5 cm³/mol. The molecular weight excluding hydrogens is 296 g/mol. The molecule has 22 heavy (non-hydrogen) atoms. The molecule has 0 radical (unpaired) electrons. The van der Waals surface area contributed by atoms with E-state index in [1.54, 1.807) is 18.3 Å². The standard InChI is InChI=1S/C16H18N4OS/c1-11(16(20-17)12(2)21)18-9-8-15-19-14(10-22-15)13-6-4-3-5-7-13/h3-7,10H,8-9,17H2,1-2H3/b18-11-,20-16+. The molecule has 0 spiro atoms. The smallest absolute Gasteiger partial charge is 0.181 e. The summed E-state index contributed by atoms with van der Waals surface area (Å²) in [6.45, 7) is 3.72. The van der Waals surface area contributed by atoms with Crippen LogP contribution in [0.2, 0.25) is 0 Å². The van der Waals surface area contributed by atoms with Crippen molar-refractivity contribution in [1.82, 2.24) is 4.98 Å². The van der Waals surface area contributed by atoms with Crippen molar-refractivity contribution in [2.24, 2.45) is 15.9 Å². The second-order valence-electron chi connectivity index (χ2n) is 4.74. The van der Waals surface area contributed by atoms with Crippen molar-refractivity contribution >= 4 is 28.5 Å². The molecule has 5 nitrogen and oxygen atoms in total. The molecule has 0 saturated heterocycles. The van der Waals surface area contributed by atoms with Gasteiger partial charge in [-0.05, 0) is 6.92 Å². The zero-order valence-electron chi connectivity index (χ0n) is 12.6. The van der Waals surface area contributed by atoms with Gasteiger partial charge in [0.05, 0.1) is 16.4 Å². The average Bonchev–Trinajstić information content (AvgIpc) is 2.97. The minimum atomic E-state index is -0.177. The van der Waals surface area contributed by atoms with Crippen LogP contribution in [0, 0.1) is 0 Å². The van der Waals surface area contributed by atoms with Crippen LogP contribution in [-0.2, 0) is 11.2 Å². The van der Waals surface area contributed by atoms with Crippen molar-refractivity contribution in [3.63, 3.8) is 0 Å². The molecule has 0 bridgehead atoms. The van der Waals surface area contributed by atoms with E-state index in [2.05, 4.69) is 15.1 Å². The molecule has 0 unspecified atom stereocenters. The Balaban J connectivity index is 1.99. The highest BCUT2D eigenvalue weighted by molar-refractivity contribution is 7.09. The third-order valence-electron chi connectivity index (χ3n) is 3.10. The Bertz CT molecular complexity index is 704. The molecule has 1 heterocycles. The molecule has 2 rings (SSSR count). The van der Waals surface area contributed by atoms with E-state index in [1.807, 2.05) is 35.7 Å². The molecule has 0 atom stereocenters. The normalized spacial score (nSPS) is 12.5. The summed E-state index contributed by atoms with van der Waals surface area (Å²) in [5.41, 5.74) is 2.88. The number of carbonyl (C=O) groups excluding carboxylic acids is 1. The molecule has 0 aliphatic carbocycles. The van der Waals surface area contributed by atoms with E-state index in [-0.39, 0.29) is 11.5 Å². The molecule has 0 fully saturated rings. The van der Waals surface area contributed by atoms with E-state index in [4.69, 9.17) is 5.84 Å². The minimum Gasteiger partial charge on any atom is -0.323 e. The van der Waals surface area contributed by atoms with Gasteiger partial charge in [-0.15, -0.1) is 11.3 Å². The molecule has 2 aromatic rings. The number of aliphatic imine (C=N–C) groups is 1. The van der Waals surface area contributed by atoms with E-state index < -0.39 is 0 Å². The number of benzene rings is 1. The summed E-state index contributed by atoms with van der Waals surface area (Å²) in [7, 11) is 0. The van der Waals surface area contributed by atoms with Crippen molar-refractivity contribution in [1.29, 1.82) is 0 Å². The molecule has 0 saturated carbocycles. The van der Waals surface area contributed by atoms with E-state index in [9.17, 15) is 4.79 Å². The van der Waals surface area contributed by atoms with Crippen LogP contribution in [0.5, 0.6) is 0 Å². The van der Waals surface area contributed by atoms with E-state index in [0.717, 1.165) is 22.7 Å². The van der Waals surface area contributed by atoms with Crippen molar-refractivity contribution < 1.29 is 4.79 Å². The lowest BCUT2D eigenvalue weighted by Gasteiger charge is -2.00. The number of nitrogens with two attached hydrogens (primary N) is 1. The maximum absolute atomic E-state index is 11.3. The monoisotopic (exact) mass is 314 g/mol. The number of rotatable bonds is 6. The van der Waals surface area contributed by atoms with E-state index >= 15 is 0 Å². The molecule has 6 heteroatoms. The summed E-state index contributed by atoms with van der Waals surface area (Å²) in [5, 5.41) is 6.54. The van der Waals surface area contributed by atoms with Gasteiger partial charge in [0, 0.05) is 30.8 Å². The van der Waals surface area contributed by atoms with Crippen LogP contribution in [0.4, 0.5) is 0 Å². The fourth-order valence-corrected chi connectivity index (χ4v) is 2.80. The molecule has 2 N–H and O–H groups in total. The number of Topliss-reactive ketones (excluding diaryl/α,β-unsaturated/α-hetero) is 1. The van der Waals surface area contributed by atoms with Crippen LogP contribution >= 0.6 is 11.3 Å². The highest BCUT2D eigenvalue weighted by atomic mass is 32.1. The summed E-state index contributed by atoms with van der Waals surface area (Å²) < 4.78 is 0. The van der Waals surface area contributed by atoms with Gasteiger partial charge in [0.25, 0.3) is 0 Å². The molecule has 114 valence electrons. The third-order valence-corrected chi connectivity index (χ3v) is 4.01. The predicted octanol–water partition coefficient (Wildman–Crippen LogP) is 2.72. The van der Waals surface area contributed by atoms with Crippen molar-refractivity contribution in [2.45, 2.75) is 20.3 Å². The fourth-order valence-electron chi connectivity index (χ4n) is 2.00. The van der Waals surface area contributed by atoms with Gasteiger partial charge in [-0.2, -0.15) is 5.10 Å². The van der Waals surface area contributed by atoms with Crippen LogP contribution in [0.3, 0.4) is 0 Å². The van der Waals surface area contributed by atoms with Gasteiger partial charge in [0.1, 0.15) is 5.71 Å². The summed E-state index contributed by atoms with van der Waals surface area (Å²) in [4.78, 5) is 20.3. The zero-order valence-corrected chi connectivity index (χ0v) is 13.4. The number of aromatic nitrogens is 1. The van der Waals surface area contributed by atoms with Crippen LogP contribution < -0.4 is 5.84 Å². The first-order chi connectivity index (χ1) is 10.6. The number of ketones is 1. The van der Waals surface area contributed by atoms with E-state index in [0.29, 0.717) is 12.3 Å². The molecule has 0 aliphatic heterocycles. The van der Waals surface area contributed by atoms with Crippen LogP contribution in [-0.4, -0.2) is 28.7 Å². The quantitative estimate of drug-likeness (QED) is 0.505. The summed E-state index contributed by atoms with van der Waals surface area (Å²) in [6.07, 6.45) is 0.727. The summed E-state index contributed by atoms with van der Waals surface area (Å²) >= 11 is 1.61. The van der Waals surface area contributed by atoms with Crippen LogP contribution in [0.1, 0.15) is 18.9 Å². The highest BCUT2D eigenvalue weighted by Crippen LogP contribution is 2.21. The zero-order chi connectivity index (χ0) is 15.9. The van der Waals surface area contributed by atoms with Gasteiger partial charge in [-0.25, -0.2) is 4.98 Å². The van der Waals surface area contributed by atoms with Gasteiger partial charge in [-0.3, -0.25) is 9.79 Å². The molecule has 1 aromatic carbocycles.